The molecule has 0 aliphatic carbocycles. The first-order valence-corrected chi connectivity index (χ1v) is 12.8. The van der Waals surface area contributed by atoms with Crippen molar-refractivity contribution in [2.24, 2.45) is 5.92 Å². The molecule has 0 saturated heterocycles. The standard InChI is InChI=1S/C21H29N5O3S2/c1-6-25(7-2)31(27,28)19-10-8-9-17(12-19)20-22-23-21(26(20)13-15(3)4)30-14-18-11-16(5)24-29-18/h8-12,15H,6-7,13-14H2,1-5H3. The highest BCUT2D eigenvalue weighted by atomic mass is 32.2. The molecule has 10 heteroatoms. The number of aryl methyl sites for hydroxylation is 1. The molecule has 8 nitrogen and oxygen atoms in total. The van der Waals surface area contributed by atoms with E-state index >= 15 is 0 Å². The Bertz CT molecular complexity index is 1120. The zero-order valence-electron chi connectivity index (χ0n) is 18.6. The minimum atomic E-state index is -3.55. The number of sulfonamides is 1. The number of rotatable bonds is 10. The first-order valence-electron chi connectivity index (χ1n) is 10.3. The summed E-state index contributed by atoms with van der Waals surface area (Å²) in [6.45, 7) is 11.4. The van der Waals surface area contributed by atoms with E-state index in [9.17, 15) is 8.42 Å². The van der Waals surface area contributed by atoms with E-state index in [-0.39, 0.29) is 4.90 Å². The smallest absolute Gasteiger partial charge is 0.243 e. The van der Waals surface area contributed by atoms with Crippen LogP contribution in [0.15, 0.2) is 44.9 Å². The van der Waals surface area contributed by atoms with Crippen LogP contribution in [0.2, 0.25) is 0 Å². The lowest BCUT2D eigenvalue weighted by molar-refractivity contribution is 0.390. The molecule has 2 aromatic heterocycles. The highest BCUT2D eigenvalue weighted by Crippen LogP contribution is 2.29. The quantitative estimate of drug-likeness (QED) is 0.416. The molecule has 2 heterocycles. The lowest BCUT2D eigenvalue weighted by Crippen LogP contribution is -2.30. The second-order valence-electron chi connectivity index (χ2n) is 7.65. The third kappa shape index (κ3) is 5.36. The largest absolute Gasteiger partial charge is 0.360 e. The molecule has 0 bridgehead atoms. The number of nitrogens with zero attached hydrogens (tertiary/aromatic N) is 5. The summed E-state index contributed by atoms with van der Waals surface area (Å²) in [5.41, 5.74) is 1.56. The minimum Gasteiger partial charge on any atom is -0.360 e. The average molecular weight is 464 g/mol. The van der Waals surface area contributed by atoms with Crippen molar-refractivity contribution < 1.29 is 12.9 Å². The van der Waals surface area contributed by atoms with Crippen LogP contribution in [0.1, 0.15) is 39.1 Å². The molecule has 0 amide bonds. The average Bonchev–Trinajstić information content (AvgIpc) is 3.32. The van der Waals surface area contributed by atoms with Crippen molar-refractivity contribution in [2.75, 3.05) is 13.1 Å². The summed E-state index contributed by atoms with van der Waals surface area (Å²) >= 11 is 1.52. The Kier molecular flexibility index (Phi) is 7.55. The molecule has 0 spiro atoms. The second kappa shape index (κ2) is 9.97. The highest BCUT2D eigenvalue weighted by molar-refractivity contribution is 7.98. The van der Waals surface area contributed by atoms with Crippen LogP contribution in [0.25, 0.3) is 11.4 Å². The van der Waals surface area contributed by atoms with Gasteiger partial charge in [0.05, 0.1) is 16.3 Å². The van der Waals surface area contributed by atoms with Gasteiger partial charge in [-0.05, 0) is 25.0 Å². The molecule has 0 aliphatic rings. The van der Waals surface area contributed by atoms with E-state index in [4.69, 9.17) is 4.52 Å². The Balaban J connectivity index is 1.96. The summed E-state index contributed by atoms with van der Waals surface area (Å²) in [5.74, 6) is 2.38. The molecule has 0 N–H and O–H groups in total. The number of hydrogen-bond acceptors (Lipinski definition) is 7. The minimum absolute atomic E-state index is 0.263. The van der Waals surface area contributed by atoms with Crippen LogP contribution in [-0.2, 0) is 22.3 Å². The van der Waals surface area contributed by atoms with Gasteiger partial charge in [-0.1, -0.05) is 56.7 Å². The Morgan fingerprint density at radius 3 is 2.52 bits per heavy atom. The topological polar surface area (TPSA) is 94.1 Å². The third-order valence-corrected chi connectivity index (χ3v) is 7.76. The lowest BCUT2D eigenvalue weighted by Gasteiger charge is -2.19. The SMILES string of the molecule is CCN(CC)S(=O)(=O)c1cccc(-c2nnc(SCc3cc(C)no3)n2CC(C)C)c1. The van der Waals surface area contributed by atoms with Gasteiger partial charge in [-0.3, -0.25) is 0 Å². The fourth-order valence-corrected chi connectivity index (χ4v) is 5.59. The molecule has 31 heavy (non-hydrogen) atoms. The van der Waals surface area contributed by atoms with Gasteiger partial charge in [-0.15, -0.1) is 10.2 Å². The Hall–Kier alpha value is -2.17. The van der Waals surface area contributed by atoms with E-state index in [1.165, 1.54) is 16.1 Å². The first kappa shape index (κ1) is 23.5. The number of thioether (sulfide) groups is 1. The summed E-state index contributed by atoms with van der Waals surface area (Å²) < 4.78 is 34.7. The molecule has 3 rings (SSSR count). The number of benzene rings is 1. The van der Waals surface area contributed by atoms with Crippen molar-refractivity contribution >= 4 is 21.8 Å². The molecule has 1 aromatic carbocycles. The molecule has 0 aliphatic heterocycles. The first-order chi connectivity index (χ1) is 14.8. The Morgan fingerprint density at radius 1 is 1.16 bits per heavy atom. The van der Waals surface area contributed by atoms with Crippen molar-refractivity contribution in [2.45, 2.75) is 57.0 Å². The third-order valence-electron chi connectivity index (χ3n) is 4.72. The van der Waals surface area contributed by atoms with Gasteiger partial charge >= 0.3 is 0 Å². The van der Waals surface area contributed by atoms with Gasteiger partial charge in [-0.2, -0.15) is 4.31 Å². The number of aromatic nitrogens is 4. The maximum Gasteiger partial charge on any atom is 0.243 e. The number of hydrogen-bond donors (Lipinski definition) is 0. The Labute approximate surface area is 188 Å². The predicted molar refractivity (Wildman–Crippen MR) is 121 cm³/mol. The molecule has 0 atom stereocenters. The van der Waals surface area contributed by atoms with E-state index in [2.05, 4.69) is 29.2 Å². The van der Waals surface area contributed by atoms with Gasteiger partial charge in [0.1, 0.15) is 5.76 Å². The predicted octanol–water partition coefficient (Wildman–Crippen LogP) is 4.22. The molecule has 0 fully saturated rings. The van der Waals surface area contributed by atoms with Gasteiger partial charge < -0.3 is 9.09 Å². The molecule has 3 aromatic rings. The van der Waals surface area contributed by atoms with Crippen molar-refractivity contribution in [3.05, 3.63) is 41.8 Å². The summed E-state index contributed by atoms with van der Waals surface area (Å²) in [6.07, 6.45) is 0. The molecule has 168 valence electrons. The van der Waals surface area contributed by atoms with Crippen molar-refractivity contribution in [1.82, 2.24) is 24.2 Å². The van der Waals surface area contributed by atoms with Crippen molar-refractivity contribution in [1.29, 1.82) is 0 Å². The van der Waals surface area contributed by atoms with Crippen LogP contribution in [0.5, 0.6) is 0 Å². The van der Waals surface area contributed by atoms with E-state index in [0.29, 0.717) is 37.1 Å². The zero-order valence-corrected chi connectivity index (χ0v) is 20.2. The highest BCUT2D eigenvalue weighted by Gasteiger charge is 2.23. The van der Waals surface area contributed by atoms with Gasteiger partial charge in [0.25, 0.3) is 0 Å². The van der Waals surface area contributed by atoms with Crippen LogP contribution in [0, 0.1) is 12.8 Å². The Morgan fingerprint density at radius 2 is 1.90 bits per heavy atom. The van der Waals surface area contributed by atoms with E-state index in [1.54, 1.807) is 18.2 Å². The maximum absolute atomic E-state index is 13.0. The summed E-state index contributed by atoms with van der Waals surface area (Å²) in [7, 11) is -3.55. The van der Waals surface area contributed by atoms with Crippen molar-refractivity contribution in [3.63, 3.8) is 0 Å². The normalized spacial score (nSPS) is 12.2. The van der Waals surface area contributed by atoms with Crippen molar-refractivity contribution in [3.8, 4) is 11.4 Å². The second-order valence-corrected chi connectivity index (χ2v) is 10.5. The van der Waals surface area contributed by atoms with Gasteiger partial charge in [0.15, 0.2) is 11.0 Å². The van der Waals surface area contributed by atoms with E-state index < -0.39 is 10.0 Å². The van der Waals surface area contributed by atoms with Gasteiger partial charge in [0, 0.05) is 31.3 Å². The summed E-state index contributed by atoms with van der Waals surface area (Å²) in [4.78, 5) is 0.263. The fraction of sp³-hybridized carbons (Fsp3) is 0.476. The monoisotopic (exact) mass is 463 g/mol. The van der Waals surface area contributed by atoms with Crippen LogP contribution < -0.4 is 0 Å². The van der Waals surface area contributed by atoms with Gasteiger partial charge in [0.2, 0.25) is 10.0 Å². The maximum atomic E-state index is 13.0. The van der Waals surface area contributed by atoms with Crippen LogP contribution in [0.3, 0.4) is 0 Å². The van der Waals surface area contributed by atoms with E-state index in [0.717, 1.165) is 22.2 Å². The fourth-order valence-electron chi connectivity index (χ4n) is 3.27. The molecule has 0 saturated carbocycles. The van der Waals surface area contributed by atoms with Crippen LogP contribution in [-0.4, -0.2) is 45.7 Å². The zero-order chi connectivity index (χ0) is 22.6. The molecular formula is C21H29N5O3S2. The van der Waals surface area contributed by atoms with Crippen LogP contribution >= 0.6 is 11.8 Å². The summed E-state index contributed by atoms with van der Waals surface area (Å²) in [5, 5.41) is 13.5. The van der Waals surface area contributed by atoms with Gasteiger partial charge in [-0.25, -0.2) is 8.42 Å². The molecule has 0 unspecified atom stereocenters. The van der Waals surface area contributed by atoms with E-state index in [1.807, 2.05) is 37.5 Å². The molecular weight excluding hydrogens is 434 g/mol. The van der Waals surface area contributed by atoms with Crippen LogP contribution in [0.4, 0.5) is 0 Å². The molecule has 0 radical (unpaired) electrons. The summed E-state index contributed by atoms with van der Waals surface area (Å²) in [6, 6.07) is 8.84. The lowest BCUT2D eigenvalue weighted by atomic mass is 10.2.